The number of nitrogens with zero attached hydrogens (tertiary/aromatic N) is 2. The van der Waals surface area contributed by atoms with Gasteiger partial charge in [0, 0.05) is 13.1 Å². The third-order valence-corrected chi connectivity index (χ3v) is 3.80. The highest BCUT2D eigenvalue weighted by Crippen LogP contribution is 2.11. The lowest BCUT2D eigenvalue weighted by Gasteiger charge is -2.22. The van der Waals surface area contributed by atoms with E-state index >= 15 is 0 Å². The minimum Gasteiger partial charge on any atom is -0.368 e. The largest absolute Gasteiger partial charge is 0.368 e. The van der Waals surface area contributed by atoms with Crippen molar-refractivity contribution in [3.63, 3.8) is 0 Å². The minimum atomic E-state index is -0.848. The van der Waals surface area contributed by atoms with Gasteiger partial charge in [-0.25, -0.2) is 0 Å². The van der Waals surface area contributed by atoms with E-state index in [9.17, 15) is 4.79 Å². The number of carbonyl (C=O) groups excluding carboxylic acids is 1. The molecule has 1 atom stereocenters. The summed E-state index contributed by atoms with van der Waals surface area (Å²) in [6.45, 7) is 7.49. The molecule has 0 aromatic carbocycles. The van der Waals surface area contributed by atoms with E-state index in [1.165, 1.54) is 19.5 Å². The first-order chi connectivity index (χ1) is 8.42. The normalized spacial score (nSPS) is 22.4. The first-order valence-corrected chi connectivity index (χ1v) is 6.91. The van der Waals surface area contributed by atoms with E-state index in [0.29, 0.717) is 6.42 Å². The van der Waals surface area contributed by atoms with Gasteiger partial charge >= 0.3 is 0 Å². The smallest absolute Gasteiger partial charge is 0.237 e. The maximum Gasteiger partial charge on any atom is 0.237 e. The lowest BCUT2D eigenvalue weighted by molar-refractivity contribution is -0.122. The molecular weight excluding hydrogens is 228 g/mol. The van der Waals surface area contributed by atoms with Crippen LogP contribution in [0.4, 0.5) is 0 Å². The molecule has 1 saturated heterocycles. The van der Waals surface area contributed by atoms with E-state index in [4.69, 9.17) is 11.5 Å². The number of hydrogen-bond acceptors (Lipinski definition) is 4. The van der Waals surface area contributed by atoms with Gasteiger partial charge in [0.1, 0.15) is 0 Å². The molecule has 1 heterocycles. The molecule has 0 aromatic heterocycles. The van der Waals surface area contributed by atoms with Crippen LogP contribution in [0.25, 0.3) is 0 Å². The van der Waals surface area contributed by atoms with Crippen LogP contribution in [-0.4, -0.2) is 61.0 Å². The van der Waals surface area contributed by atoms with Crippen LogP contribution in [0.5, 0.6) is 0 Å². The number of hydrogen-bond donors (Lipinski definition) is 2. The Morgan fingerprint density at radius 3 is 2.61 bits per heavy atom. The number of unbranched alkanes of at least 4 members (excludes halogenated alkanes) is 1. The third kappa shape index (κ3) is 5.33. The molecule has 0 spiro atoms. The van der Waals surface area contributed by atoms with Crippen LogP contribution in [0.2, 0.25) is 0 Å². The van der Waals surface area contributed by atoms with Gasteiger partial charge in [-0.05, 0) is 59.3 Å². The second-order valence-corrected chi connectivity index (χ2v) is 5.74. The number of nitrogens with two attached hydrogens (primary N) is 2. The van der Waals surface area contributed by atoms with E-state index in [1.54, 1.807) is 6.92 Å². The van der Waals surface area contributed by atoms with Crippen molar-refractivity contribution < 1.29 is 4.79 Å². The molecule has 0 radical (unpaired) electrons. The molecule has 1 fully saturated rings. The molecule has 5 nitrogen and oxygen atoms in total. The fourth-order valence-corrected chi connectivity index (χ4v) is 2.27. The second kappa shape index (κ2) is 7.07. The average molecular weight is 256 g/mol. The van der Waals surface area contributed by atoms with Crippen molar-refractivity contribution in [2.75, 3.05) is 39.8 Å². The van der Waals surface area contributed by atoms with Crippen molar-refractivity contribution in [3.05, 3.63) is 0 Å². The van der Waals surface area contributed by atoms with Crippen molar-refractivity contribution in [2.24, 2.45) is 11.5 Å². The van der Waals surface area contributed by atoms with Crippen molar-refractivity contribution in [2.45, 2.75) is 38.1 Å². The van der Waals surface area contributed by atoms with Crippen molar-refractivity contribution >= 4 is 5.91 Å². The van der Waals surface area contributed by atoms with Crippen molar-refractivity contribution in [3.8, 4) is 0 Å². The van der Waals surface area contributed by atoms with E-state index in [1.807, 2.05) is 0 Å². The van der Waals surface area contributed by atoms with Crippen LogP contribution in [0.1, 0.15) is 32.6 Å². The summed E-state index contributed by atoms with van der Waals surface area (Å²) in [4.78, 5) is 16.0. The molecule has 5 heteroatoms. The zero-order valence-corrected chi connectivity index (χ0v) is 11.8. The third-order valence-electron chi connectivity index (χ3n) is 3.80. The standard InChI is InChI=1S/C13H28N4O/c1-13(15,12(14)18)6-3-4-8-17-9-5-7-16(2)10-11-17/h3-11,15H2,1-2H3,(H2,14,18). The summed E-state index contributed by atoms with van der Waals surface area (Å²) in [6, 6.07) is 0. The Morgan fingerprint density at radius 1 is 1.22 bits per heavy atom. The fourth-order valence-electron chi connectivity index (χ4n) is 2.27. The zero-order chi connectivity index (χ0) is 13.6. The first kappa shape index (κ1) is 15.4. The molecular formula is C13H28N4O. The summed E-state index contributed by atoms with van der Waals surface area (Å²) >= 11 is 0. The topological polar surface area (TPSA) is 75.6 Å². The van der Waals surface area contributed by atoms with E-state index in [-0.39, 0.29) is 0 Å². The lowest BCUT2D eigenvalue weighted by Crippen LogP contribution is -2.49. The summed E-state index contributed by atoms with van der Waals surface area (Å²) in [7, 11) is 2.18. The zero-order valence-electron chi connectivity index (χ0n) is 11.8. The number of primary amides is 1. The van der Waals surface area contributed by atoms with Gasteiger partial charge in [-0.15, -0.1) is 0 Å². The maximum absolute atomic E-state index is 11.1. The Bertz CT molecular complexity index is 268. The number of rotatable bonds is 6. The summed E-state index contributed by atoms with van der Waals surface area (Å²) in [6.07, 6.45) is 3.97. The highest BCUT2D eigenvalue weighted by atomic mass is 16.1. The average Bonchev–Trinajstić information content (AvgIpc) is 2.49. The molecule has 1 rings (SSSR count). The highest BCUT2D eigenvalue weighted by molar-refractivity contribution is 5.83. The van der Waals surface area contributed by atoms with Crippen LogP contribution in [0.3, 0.4) is 0 Å². The predicted molar refractivity (Wildman–Crippen MR) is 74.2 cm³/mol. The summed E-state index contributed by atoms with van der Waals surface area (Å²) in [5.74, 6) is -0.404. The van der Waals surface area contributed by atoms with Crippen molar-refractivity contribution in [1.82, 2.24) is 9.80 Å². The monoisotopic (exact) mass is 256 g/mol. The molecule has 0 saturated carbocycles. The molecule has 0 bridgehead atoms. The number of amides is 1. The van der Waals surface area contributed by atoms with Gasteiger partial charge in [0.15, 0.2) is 0 Å². The molecule has 1 amide bonds. The van der Waals surface area contributed by atoms with Crippen LogP contribution < -0.4 is 11.5 Å². The first-order valence-electron chi connectivity index (χ1n) is 6.91. The molecule has 0 aromatic rings. The van der Waals surface area contributed by atoms with Gasteiger partial charge in [0.2, 0.25) is 5.91 Å². The van der Waals surface area contributed by atoms with Gasteiger partial charge in [0.25, 0.3) is 0 Å². The molecule has 1 unspecified atom stereocenters. The molecule has 0 aliphatic carbocycles. The Morgan fingerprint density at radius 2 is 1.94 bits per heavy atom. The van der Waals surface area contributed by atoms with E-state index < -0.39 is 11.4 Å². The molecule has 106 valence electrons. The molecule has 1 aliphatic rings. The Labute approximate surface area is 110 Å². The number of carbonyl (C=O) groups is 1. The van der Waals surface area contributed by atoms with Gasteiger partial charge in [-0.3, -0.25) is 4.79 Å². The summed E-state index contributed by atoms with van der Waals surface area (Å²) < 4.78 is 0. The quantitative estimate of drug-likeness (QED) is 0.656. The maximum atomic E-state index is 11.1. The fraction of sp³-hybridized carbons (Fsp3) is 0.923. The van der Waals surface area contributed by atoms with E-state index in [2.05, 4.69) is 16.8 Å². The SMILES string of the molecule is CN1CCCN(CCCCC(C)(N)C(N)=O)CC1. The van der Waals surface area contributed by atoms with Gasteiger partial charge in [-0.1, -0.05) is 0 Å². The van der Waals surface area contributed by atoms with Gasteiger partial charge < -0.3 is 21.3 Å². The van der Waals surface area contributed by atoms with Gasteiger partial charge in [-0.2, -0.15) is 0 Å². The van der Waals surface area contributed by atoms with Gasteiger partial charge in [0.05, 0.1) is 5.54 Å². The lowest BCUT2D eigenvalue weighted by atomic mass is 9.95. The van der Waals surface area contributed by atoms with Crippen molar-refractivity contribution in [1.29, 1.82) is 0 Å². The van der Waals surface area contributed by atoms with E-state index in [0.717, 1.165) is 32.5 Å². The molecule has 4 N–H and O–H groups in total. The van der Waals surface area contributed by atoms with Crippen LogP contribution in [0, 0.1) is 0 Å². The molecule has 18 heavy (non-hydrogen) atoms. The summed E-state index contributed by atoms with van der Waals surface area (Å²) in [5.41, 5.74) is 10.2. The molecule has 1 aliphatic heterocycles. The Balaban J connectivity index is 2.16. The minimum absolute atomic E-state index is 0.404. The van der Waals surface area contributed by atoms with Crippen LogP contribution >= 0.6 is 0 Å². The highest BCUT2D eigenvalue weighted by Gasteiger charge is 2.24. The summed E-state index contributed by atoms with van der Waals surface area (Å²) in [5, 5.41) is 0. The van der Waals surface area contributed by atoms with Crippen LogP contribution in [0.15, 0.2) is 0 Å². The second-order valence-electron chi connectivity index (χ2n) is 5.74. The number of likely N-dealkylation sites (N-methyl/N-ethyl adjacent to an activating group) is 1. The predicted octanol–water partition coefficient (Wildman–Crippen LogP) is -0.00310. The van der Waals surface area contributed by atoms with Crippen LogP contribution in [-0.2, 0) is 4.79 Å². The Kier molecular flexibility index (Phi) is 6.05. The Hall–Kier alpha value is -0.650.